The zero-order chi connectivity index (χ0) is 16.4. The molecule has 1 aliphatic rings. The van der Waals surface area contributed by atoms with E-state index in [2.05, 4.69) is 34.2 Å². The number of rotatable bonds is 3. The Hall–Kier alpha value is -2.69. The van der Waals surface area contributed by atoms with Gasteiger partial charge in [-0.05, 0) is 36.8 Å². The van der Waals surface area contributed by atoms with Crippen LogP contribution in [0, 0.1) is 5.92 Å². The number of pyridine rings is 1. The number of carbonyl (C=O) groups excluding carboxylic acids is 1. The van der Waals surface area contributed by atoms with E-state index in [0.717, 1.165) is 37.9 Å². The number of hydrogen-bond acceptors (Lipinski definition) is 4. The lowest BCUT2D eigenvalue weighted by atomic mass is 9.90. The zero-order valence-electron chi connectivity index (χ0n) is 13.4. The quantitative estimate of drug-likeness (QED) is 0.742. The highest BCUT2D eigenvalue weighted by Gasteiger charge is 2.26. The fourth-order valence-electron chi connectivity index (χ4n) is 3.54. The van der Waals surface area contributed by atoms with Gasteiger partial charge in [-0.1, -0.05) is 24.3 Å². The van der Waals surface area contributed by atoms with Crippen LogP contribution in [0.2, 0.25) is 0 Å². The van der Waals surface area contributed by atoms with Gasteiger partial charge in [-0.3, -0.25) is 9.78 Å². The van der Waals surface area contributed by atoms with Crippen LogP contribution in [0.4, 0.5) is 0 Å². The predicted molar refractivity (Wildman–Crippen MR) is 90.6 cm³/mol. The van der Waals surface area contributed by atoms with Gasteiger partial charge >= 0.3 is 0 Å². The number of likely N-dealkylation sites (tertiary alicyclic amines) is 1. The van der Waals surface area contributed by atoms with Crippen molar-refractivity contribution in [2.24, 2.45) is 5.92 Å². The lowest BCUT2D eigenvalue weighted by Gasteiger charge is -2.32. The first kappa shape index (κ1) is 14.9. The summed E-state index contributed by atoms with van der Waals surface area (Å²) >= 11 is 0. The summed E-state index contributed by atoms with van der Waals surface area (Å²) in [7, 11) is 0. The van der Waals surface area contributed by atoms with Gasteiger partial charge in [0.2, 0.25) is 5.76 Å². The molecule has 24 heavy (non-hydrogen) atoms. The van der Waals surface area contributed by atoms with E-state index in [9.17, 15) is 4.79 Å². The molecule has 0 radical (unpaired) electrons. The second-order valence-electron chi connectivity index (χ2n) is 6.32. The first-order chi connectivity index (χ1) is 11.8. The standard InChI is InChI=1S/C19H19N3O2/c23-19(17-11-20-13-24-17)22-9-3-4-14(12-22)10-16-6-1-5-15-7-2-8-21-18(15)16/h1-2,5-8,11,13-14H,3-4,9-10,12H2/t14-/m0/s1. The summed E-state index contributed by atoms with van der Waals surface area (Å²) in [6, 6.07) is 10.4. The van der Waals surface area contributed by atoms with E-state index in [1.807, 2.05) is 17.2 Å². The Kier molecular flexibility index (Phi) is 3.99. The van der Waals surface area contributed by atoms with Gasteiger partial charge in [0, 0.05) is 24.7 Å². The number of oxazole rings is 1. The number of aromatic nitrogens is 2. The normalized spacial score (nSPS) is 18.0. The van der Waals surface area contributed by atoms with Crippen molar-refractivity contribution in [1.29, 1.82) is 0 Å². The highest BCUT2D eigenvalue weighted by molar-refractivity contribution is 5.91. The number of benzene rings is 1. The first-order valence-electron chi connectivity index (χ1n) is 8.31. The van der Waals surface area contributed by atoms with Crippen molar-refractivity contribution in [3.63, 3.8) is 0 Å². The van der Waals surface area contributed by atoms with Crippen LogP contribution in [0.15, 0.2) is 53.5 Å². The van der Waals surface area contributed by atoms with Gasteiger partial charge < -0.3 is 9.32 Å². The van der Waals surface area contributed by atoms with E-state index >= 15 is 0 Å². The number of carbonyl (C=O) groups is 1. The Morgan fingerprint density at radius 2 is 2.21 bits per heavy atom. The second kappa shape index (κ2) is 6.43. The number of amides is 1. The molecule has 0 aliphatic carbocycles. The van der Waals surface area contributed by atoms with Gasteiger partial charge in [-0.2, -0.15) is 0 Å². The summed E-state index contributed by atoms with van der Waals surface area (Å²) in [5.74, 6) is 0.703. The fraction of sp³-hybridized carbons (Fsp3) is 0.316. The van der Waals surface area contributed by atoms with Gasteiger partial charge in [0.25, 0.3) is 5.91 Å². The SMILES string of the molecule is O=C(c1cnco1)N1CCC[C@@H](Cc2cccc3cccnc23)C1. The minimum absolute atomic E-state index is 0.0618. The number of para-hydroxylation sites is 1. The highest BCUT2D eigenvalue weighted by atomic mass is 16.3. The maximum Gasteiger partial charge on any atom is 0.291 e. The van der Waals surface area contributed by atoms with Crippen molar-refractivity contribution in [3.8, 4) is 0 Å². The van der Waals surface area contributed by atoms with Crippen LogP contribution in [-0.4, -0.2) is 33.9 Å². The van der Waals surface area contributed by atoms with Gasteiger partial charge in [-0.25, -0.2) is 4.98 Å². The molecule has 3 heterocycles. The predicted octanol–water partition coefficient (Wildman–Crippen LogP) is 3.32. The van der Waals surface area contributed by atoms with Crippen LogP contribution < -0.4 is 0 Å². The van der Waals surface area contributed by atoms with E-state index in [1.54, 1.807) is 0 Å². The molecule has 1 saturated heterocycles. The summed E-state index contributed by atoms with van der Waals surface area (Å²) in [5.41, 5.74) is 2.32. The van der Waals surface area contributed by atoms with Gasteiger partial charge in [-0.15, -0.1) is 0 Å². The van der Waals surface area contributed by atoms with E-state index in [0.29, 0.717) is 11.7 Å². The summed E-state index contributed by atoms with van der Waals surface area (Å²) in [4.78, 5) is 22.7. The van der Waals surface area contributed by atoms with Gasteiger partial charge in [0.15, 0.2) is 6.39 Å². The maximum atomic E-state index is 12.5. The topological polar surface area (TPSA) is 59.2 Å². The first-order valence-corrected chi connectivity index (χ1v) is 8.31. The molecule has 1 aromatic carbocycles. The number of nitrogens with zero attached hydrogens (tertiary/aromatic N) is 3. The molecule has 1 amide bonds. The number of fused-ring (bicyclic) bond motifs is 1. The minimum Gasteiger partial charge on any atom is -0.438 e. The minimum atomic E-state index is -0.0618. The Bertz CT molecular complexity index is 839. The molecule has 1 fully saturated rings. The van der Waals surface area contributed by atoms with Crippen molar-refractivity contribution >= 4 is 16.8 Å². The molecular formula is C19H19N3O2. The molecule has 4 rings (SSSR count). The molecule has 1 atom stereocenters. The third kappa shape index (κ3) is 2.89. The molecule has 0 unspecified atom stereocenters. The van der Waals surface area contributed by atoms with Crippen molar-refractivity contribution in [3.05, 3.63) is 60.4 Å². The summed E-state index contributed by atoms with van der Waals surface area (Å²) < 4.78 is 5.15. The molecule has 0 spiro atoms. The molecule has 3 aromatic rings. The van der Waals surface area contributed by atoms with Crippen LogP contribution in [0.5, 0.6) is 0 Å². The average molecular weight is 321 g/mol. The Morgan fingerprint density at radius 3 is 3.08 bits per heavy atom. The number of hydrogen-bond donors (Lipinski definition) is 0. The third-order valence-corrected chi connectivity index (χ3v) is 4.67. The summed E-state index contributed by atoms with van der Waals surface area (Å²) in [6.45, 7) is 1.53. The second-order valence-corrected chi connectivity index (χ2v) is 6.32. The van der Waals surface area contributed by atoms with Crippen LogP contribution in [-0.2, 0) is 6.42 Å². The molecule has 0 saturated carbocycles. The number of piperidine rings is 1. The van der Waals surface area contributed by atoms with E-state index in [-0.39, 0.29) is 5.91 Å². The fourth-order valence-corrected chi connectivity index (χ4v) is 3.54. The van der Waals surface area contributed by atoms with Gasteiger partial charge in [0.1, 0.15) is 0 Å². The van der Waals surface area contributed by atoms with Crippen LogP contribution >= 0.6 is 0 Å². The maximum absolute atomic E-state index is 12.5. The Labute approximate surface area is 140 Å². The van der Waals surface area contributed by atoms with Crippen molar-refractivity contribution in [2.75, 3.05) is 13.1 Å². The molecular weight excluding hydrogens is 302 g/mol. The molecule has 122 valence electrons. The van der Waals surface area contributed by atoms with Crippen LogP contribution in [0.1, 0.15) is 29.0 Å². The monoisotopic (exact) mass is 321 g/mol. The Morgan fingerprint density at radius 1 is 1.29 bits per heavy atom. The molecule has 0 bridgehead atoms. The largest absolute Gasteiger partial charge is 0.438 e. The van der Waals surface area contributed by atoms with Crippen molar-refractivity contribution < 1.29 is 9.21 Å². The van der Waals surface area contributed by atoms with E-state index < -0.39 is 0 Å². The molecule has 5 heteroatoms. The van der Waals surface area contributed by atoms with E-state index in [1.165, 1.54) is 23.5 Å². The summed E-state index contributed by atoms with van der Waals surface area (Å²) in [6.07, 6.45) is 7.71. The smallest absolute Gasteiger partial charge is 0.291 e. The van der Waals surface area contributed by atoms with Crippen LogP contribution in [0.3, 0.4) is 0 Å². The van der Waals surface area contributed by atoms with Crippen molar-refractivity contribution in [2.45, 2.75) is 19.3 Å². The lowest BCUT2D eigenvalue weighted by Crippen LogP contribution is -2.40. The van der Waals surface area contributed by atoms with Gasteiger partial charge in [0.05, 0.1) is 11.7 Å². The molecule has 1 aliphatic heterocycles. The average Bonchev–Trinajstić information content (AvgIpc) is 3.16. The molecule has 0 N–H and O–H groups in total. The van der Waals surface area contributed by atoms with Crippen molar-refractivity contribution in [1.82, 2.24) is 14.9 Å². The lowest BCUT2D eigenvalue weighted by molar-refractivity contribution is 0.0641. The molecule has 2 aromatic heterocycles. The summed E-state index contributed by atoms with van der Waals surface area (Å²) in [5, 5.41) is 1.17. The zero-order valence-corrected chi connectivity index (χ0v) is 13.4. The van der Waals surface area contributed by atoms with E-state index in [4.69, 9.17) is 4.42 Å². The Balaban J connectivity index is 1.51. The molecule has 5 nitrogen and oxygen atoms in total. The highest BCUT2D eigenvalue weighted by Crippen LogP contribution is 2.25. The third-order valence-electron chi connectivity index (χ3n) is 4.67. The van der Waals surface area contributed by atoms with Crippen LogP contribution in [0.25, 0.3) is 10.9 Å².